The van der Waals surface area contributed by atoms with Crippen molar-refractivity contribution in [3.05, 3.63) is 71.8 Å². The second-order valence-electron chi connectivity index (χ2n) is 5.07. The average molecular weight is 373 g/mol. The van der Waals surface area contributed by atoms with E-state index in [0.29, 0.717) is 15.4 Å². The highest BCUT2D eigenvalue weighted by Gasteiger charge is 2.41. The molecule has 9 heteroatoms. The molecule has 0 radical (unpaired) electrons. The second kappa shape index (κ2) is 7.39. The molecule has 0 bridgehead atoms. The summed E-state index contributed by atoms with van der Waals surface area (Å²) in [5, 5.41) is 0. The lowest BCUT2D eigenvalue weighted by atomic mass is 10.2. The molecule has 0 heterocycles. The Morgan fingerprint density at radius 2 is 1.21 bits per heavy atom. The van der Waals surface area contributed by atoms with Gasteiger partial charge in [0, 0.05) is 13.1 Å². The lowest BCUT2D eigenvalue weighted by molar-refractivity contribution is 0.363. The van der Waals surface area contributed by atoms with Crippen LogP contribution in [-0.4, -0.2) is 30.5 Å². The summed E-state index contributed by atoms with van der Waals surface area (Å²) in [7, 11) is -10.3. The van der Waals surface area contributed by atoms with Gasteiger partial charge >= 0.3 is 15.0 Å². The molecule has 2 rings (SSSR count). The Kier molecular flexibility index (Phi) is 5.70. The van der Waals surface area contributed by atoms with Gasteiger partial charge in [0.25, 0.3) is 10.0 Å². The predicted molar refractivity (Wildman–Crippen MR) is 87.5 cm³/mol. The third-order valence-corrected chi connectivity index (χ3v) is 6.61. The summed E-state index contributed by atoms with van der Waals surface area (Å²) in [4.78, 5) is -3.43. The van der Waals surface area contributed by atoms with Crippen molar-refractivity contribution < 1.29 is 25.8 Å². The molecular weight excluding hydrogens is 357 g/mol. The minimum absolute atomic E-state index is 0.228. The Labute approximate surface area is 140 Å². The molecule has 1 N–H and O–H groups in total. The van der Waals surface area contributed by atoms with E-state index in [4.69, 9.17) is 4.55 Å². The van der Waals surface area contributed by atoms with Crippen molar-refractivity contribution in [2.24, 2.45) is 0 Å². The summed E-state index contributed by atoms with van der Waals surface area (Å²) in [5.41, 5.74) is 1.11. The van der Waals surface area contributed by atoms with E-state index in [-0.39, 0.29) is 13.1 Å². The van der Waals surface area contributed by atoms with Gasteiger partial charge in [-0.2, -0.15) is 12.7 Å². The molecule has 0 aromatic heterocycles. The van der Waals surface area contributed by atoms with Gasteiger partial charge in [-0.15, -0.1) is 0 Å². The molecule has 0 fully saturated rings. The maximum Gasteiger partial charge on any atom is 0.338 e. The standard InChI is InChI=1S/C15H16FNO5S2/c16-15(24(20,21)22)23(18,19)17(11-13-7-3-1-4-8-13)12-14-9-5-2-6-10-14/h1-10,15H,11-12H2,(H,20,21,22). The van der Waals surface area contributed by atoms with E-state index in [1.54, 1.807) is 60.7 Å². The number of hydrogen-bond donors (Lipinski definition) is 1. The van der Waals surface area contributed by atoms with Crippen molar-refractivity contribution in [3.63, 3.8) is 0 Å². The van der Waals surface area contributed by atoms with Gasteiger partial charge in [-0.3, -0.25) is 4.55 Å². The molecule has 6 nitrogen and oxygen atoms in total. The summed E-state index contributed by atoms with van der Waals surface area (Å²) in [6.45, 7) is -0.456. The normalized spacial score (nSPS) is 13.8. The summed E-state index contributed by atoms with van der Waals surface area (Å²) in [6, 6.07) is 16.7. The first-order valence-corrected chi connectivity index (χ1v) is 9.89. The molecule has 0 aliphatic rings. The summed E-state index contributed by atoms with van der Waals surface area (Å²) >= 11 is 0. The van der Waals surface area contributed by atoms with Crippen LogP contribution in [0.15, 0.2) is 60.7 Å². The highest BCUT2D eigenvalue weighted by molar-refractivity contribution is 8.05. The lowest BCUT2D eigenvalue weighted by Crippen LogP contribution is -2.39. The minimum Gasteiger partial charge on any atom is -0.282 e. The van der Waals surface area contributed by atoms with Gasteiger partial charge in [0.1, 0.15) is 0 Å². The predicted octanol–water partition coefficient (Wildman–Crippen LogP) is 2.16. The number of sulfonamides is 1. The van der Waals surface area contributed by atoms with E-state index < -0.39 is 25.0 Å². The van der Waals surface area contributed by atoms with E-state index >= 15 is 0 Å². The molecule has 0 aliphatic heterocycles. The zero-order valence-corrected chi connectivity index (χ0v) is 14.1. The van der Waals surface area contributed by atoms with E-state index in [0.717, 1.165) is 0 Å². The molecule has 2 aromatic rings. The number of alkyl halides is 1. The molecular formula is C15H16FNO5S2. The Morgan fingerprint density at radius 3 is 1.54 bits per heavy atom. The molecule has 130 valence electrons. The van der Waals surface area contributed by atoms with Crippen LogP contribution in [0.4, 0.5) is 4.39 Å². The third-order valence-electron chi connectivity index (χ3n) is 3.23. The third kappa shape index (κ3) is 4.60. The zero-order chi connectivity index (χ0) is 17.8. The first-order chi connectivity index (χ1) is 11.2. The lowest BCUT2D eigenvalue weighted by Gasteiger charge is -2.23. The van der Waals surface area contributed by atoms with Crippen molar-refractivity contribution in [1.29, 1.82) is 0 Å². The van der Waals surface area contributed by atoms with Crippen LogP contribution < -0.4 is 0 Å². The van der Waals surface area contributed by atoms with Crippen LogP contribution in [0.1, 0.15) is 11.1 Å². The van der Waals surface area contributed by atoms with Crippen LogP contribution in [0.25, 0.3) is 0 Å². The van der Waals surface area contributed by atoms with E-state index in [9.17, 15) is 21.2 Å². The van der Waals surface area contributed by atoms with E-state index in [2.05, 4.69) is 0 Å². The Morgan fingerprint density at radius 1 is 0.833 bits per heavy atom. The van der Waals surface area contributed by atoms with Crippen LogP contribution >= 0.6 is 0 Å². The van der Waals surface area contributed by atoms with Crippen molar-refractivity contribution in [2.75, 3.05) is 0 Å². The van der Waals surface area contributed by atoms with E-state index in [1.807, 2.05) is 0 Å². The van der Waals surface area contributed by atoms with Gasteiger partial charge in [0.15, 0.2) is 0 Å². The van der Waals surface area contributed by atoms with Gasteiger partial charge in [0.2, 0.25) is 0 Å². The summed E-state index contributed by atoms with van der Waals surface area (Å²) in [5.74, 6) is 0. The largest absolute Gasteiger partial charge is 0.338 e. The zero-order valence-electron chi connectivity index (χ0n) is 12.5. The Balaban J connectivity index is 2.38. The fourth-order valence-corrected chi connectivity index (χ4v) is 4.57. The quantitative estimate of drug-likeness (QED) is 0.751. The second-order valence-corrected chi connectivity index (χ2v) is 8.78. The molecule has 1 unspecified atom stereocenters. The van der Waals surface area contributed by atoms with Gasteiger partial charge in [-0.1, -0.05) is 60.7 Å². The van der Waals surface area contributed by atoms with Crippen molar-refractivity contribution >= 4 is 20.1 Å². The molecule has 0 aliphatic carbocycles. The Hall–Kier alpha value is -1.81. The number of benzene rings is 2. The topological polar surface area (TPSA) is 91.7 Å². The van der Waals surface area contributed by atoms with Crippen molar-refractivity contribution in [3.8, 4) is 0 Å². The van der Waals surface area contributed by atoms with Gasteiger partial charge in [-0.05, 0) is 11.1 Å². The molecule has 0 saturated heterocycles. The fraction of sp³-hybridized carbons (Fsp3) is 0.200. The molecule has 0 spiro atoms. The first-order valence-electron chi connectivity index (χ1n) is 6.88. The molecule has 2 aromatic carbocycles. The minimum atomic E-state index is -5.39. The van der Waals surface area contributed by atoms with Crippen molar-refractivity contribution in [1.82, 2.24) is 4.31 Å². The smallest absolute Gasteiger partial charge is 0.282 e. The highest BCUT2D eigenvalue weighted by atomic mass is 32.3. The average Bonchev–Trinajstić information content (AvgIpc) is 2.54. The van der Waals surface area contributed by atoms with Crippen LogP contribution in [0.5, 0.6) is 0 Å². The summed E-state index contributed by atoms with van der Waals surface area (Å²) in [6.07, 6.45) is 0. The Bertz CT molecular complexity index is 829. The van der Waals surface area contributed by atoms with Gasteiger partial charge in [-0.25, -0.2) is 12.8 Å². The number of hydrogen-bond acceptors (Lipinski definition) is 4. The molecule has 1 atom stereocenters. The molecule has 0 saturated carbocycles. The molecule has 0 amide bonds. The fourth-order valence-electron chi connectivity index (χ4n) is 2.08. The first kappa shape index (κ1) is 18.5. The van der Waals surface area contributed by atoms with Crippen molar-refractivity contribution in [2.45, 2.75) is 17.9 Å². The van der Waals surface area contributed by atoms with Gasteiger partial charge in [0.05, 0.1) is 0 Å². The van der Waals surface area contributed by atoms with E-state index in [1.165, 1.54) is 0 Å². The maximum absolute atomic E-state index is 13.9. The van der Waals surface area contributed by atoms with Gasteiger partial charge < -0.3 is 0 Å². The van der Waals surface area contributed by atoms with Crippen LogP contribution in [-0.2, 0) is 33.2 Å². The number of nitrogens with zero attached hydrogens (tertiary/aromatic N) is 1. The van der Waals surface area contributed by atoms with Crippen LogP contribution in [0.2, 0.25) is 0 Å². The van der Waals surface area contributed by atoms with Crippen LogP contribution in [0.3, 0.4) is 0 Å². The van der Waals surface area contributed by atoms with Crippen LogP contribution in [0, 0.1) is 0 Å². The summed E-state index contributed by atoms with van der Waals surface area (Å²) < 4.78 is 69.9. The number of halogens is 1. The maximum atomic E-state index is 13.9. The SMILES string of the molecule is O=S(=O)(O)C(F)S(=O)(=O)N(Cc1ccccc1)Cc1ccccc1. The monoisotopic (exact) mass is 373 g/mol. The molecule has 24 heavy (non-hydrogen) atoms. The highest BCUT2D eigenvalue weighted by Crippen LogP contribution is 2.21. The number of rotatable bonds is 7.